The average Bonchev–Trinajstić information content (AvgIpc) is 4.21. The van der Waals surface area contributed by atoms with Gasteiger partial charge in [0.1, 0.15) is 0 Å². The van der Waals surface area contributed by atoms with Gasteiger partial charge in [0, 0.05) is 0 Å². The fourth-order valence-corrected chi connectivity index (χ4v) is 7.41. The molecule has 4 aromatic carbocycles. The average molecular weight is 1070 g/mol. The zero-order valence-corrected chi connectivity index (χ0v) is 34.5. The van der Waals surface area contributed by atoms with Gasteiger partial charge in [-0.05, 0) is 46.6 Å². The summed E-state index contributed by atoms with van der Waals surface area (Å²) in [6, 6.07) is 2.26. The fourth-order valence-electron chi connectivity index (χ4n) is 7.41. The summed E-state index contributed by atoms with van der Waals surface area (Å²) in [5.74, 6) is -53.1. The Labute approximate surface area is 386 Å². The zero-order valence-electron chi connectivity index (χ0n) is 32.7. The van der Waals surface area contributed by atoms with Crippen molar-refractivity contribution in [3.63, 3.8) is 0 Å². The molecular formula is C44H8ClCoF20N4. The van der Waals surface area contributed by atoms with Gasteiger partial charge in [-0.15, -0.1) is 22.1 Å². The van der Waals surface area contributed by atoms with Crippen LogP contribution in [-0.2, 0) is 14.8 Å². The van der Waals surface area contributed by atoms with E-state index in [1.807, 2.05) is 0 Å². The van der Waals surface area contributed by atoms with E-state index in [0.29, 0.717) is 48.6 Å². The first-order chi connectivity index (χ1) is 33.1. The molecular weight excluding hydrogens is 1060 g/mol. The Morgan fingerprint density at radius 3 is 0.543 bits per heavy atom. The summed E-state index contributed by atoms with van der Waals surface area (Å²) in [5.41, 5.74) is -21.6. The van der Waals surface area contributed by atoms with Crippen molar-refractivity contribution >= 4 is 56.5 Å². The number of fused-ring (bicyclic) bond motifs is 8. The normalized spacial score (nSPS) is 12.0. The van der Waals surface area contributed by atoms with Gasteiger partial charge < -0.3 is 9.97 Å². The van der Waals surface area contributed by atoms with Crippen LogP contribution in [0.3, 0.4) is 0 Å². The number of hydrogen-bond donors (Lipinski definition) is 0. The summed E-state index contributed by atoms with van der Waals surface area (Å²) < 4.78 is 303. The third-order valence-electron chi connectivity index (χ3n) is 10.4. The molecule has 8 bridgehead atoms. The van der Waals surface area contributed by atoms with Crippen molar-refractivity contribution in [1.82, 2.24) is 19.9 Å². The number of hydrogen-bond acceptors (Lipinski definition) is 2. The van der Waals surface area contributed by atoms with Crippen molar-refractivity contribution in [2.24, 2.45) is 0 Å². The molecule has 3 aromatic heterocycles. The summed E-state index contributed by atoms with van der Waals surface area (Å²) in [5, 5.41) is 0. The molecule has 0 amide bonds. The Bertz CT molecular complexity index is 3130. The van der Waals surface area contributed by atoms with Crippen LogP contribution in [0.2, 0.25) is 0 Å². The molecule has 4 nitrogen and oxygen atoms in total. The third-order valence-corrected chi connectivity index (χ3v) is 10.4. The Hall–Kier alpha value is -7.12. The van der Waals surface area contributed by atoms with Gasteiger partial charge in [0.2, 0.25) is 23.3 Å². The number of nitrogens with zero attached hydrogens (tertiary/aromatic N) is 4. The maximum absolute atomic E-state index is 15.8. The van der Waals surface area contributed by atoms with E-state index in [-0.39, 0.29) is 0 Å². The van der Waals surface area contributed by atoms with Crippen LogP contribution in [0.5, 0.6) is 0 Å². The number of halogens is 21. The molecule has 0 radical (unpaired) electrons. The summed E-state index contributed by atoms with van der Waals surface area (Å²) in [6.07, 6.45) is 2.26. The van der Waals surface area contributed by atoms with E-state index in [9.17, 15) is 52.7 Å². The van der Waals surface area contributed by atoms with Crippen molar-refractivity contribution in [2.45, 2.75) is 0 Å². The Morgan fingerprint density at radius 1 is 0.243 bits per heavy atom. The molecule has 5 heterocycles. The predicted molar refractivity (Wildman–Crippen MR) is 204 cm³/mol. The minimum atomic E-state index is -2.73. The maximum atomic E-state index is 15.8. The van der Waals surface area contributed by atoms with Crippen LogP contribution >= 0.6 is 10.1 Å². The second-order valence-corrected chi connectivity index (χ2v) is 14.1. The Balaban J connectivity index is 0.00000325. The van der Waals surface area contributed by atoms with Gasteiger partial charge in [-0.3, -0.25) is 0 Å². The van der Waals surface area contributed by atoms with Gasteiger partial charge in [-0.1, -0.05) is 24.3 Å². The van der Waals surface area contributed by atoms with Crippen molar-refractivity contribution < 1.29 is 103 Å². The van der Waals surface area contributed by atoms with Gasteiger partial charge in [0.15, 0.2) is 93.1 Å². The van der Waals surface area contributed by atoms with Gasteiger partial charge >= 0.3 is 25.0 Å². The van der Waals surface area contributed by atoms with Crippen LogP contribution in [0.15, 0.2) is 24.3 Å². The number of aromatic nitrogens is 4. The molecule has 0 aliphatic carbocycles. The molecule has 7 aromatic rings. The van der Waals surface area contributed by atoms with Gasteiger partial charge in [0.05, 0.1) is 45.0 Å². The van der Waals surface area contributed by atoms with Crippen LogP contribution < -0.4 is 9.97 Å². The van der Waals surface area contributed by atoms with Crippen LogP contribution in [0, 0.1) is 116 Å². The van der Waals surface area contributed by atoms with Crippen molar-refractivity contribution in [2.75, 3.05) is 0 Å². The minimum absolute atomic E-state index is 0.566. The monoisotopic (exact) mass is 1070 g/mol. The van der Waals surface area contributed by atoms with Gasteiger partial charge in [-0.25, -0.2) is 97.8 Å². The Kier molecular flexibility index (Phi) is 12.7. The van der Waals surface area contributed by atoms with Crippen molar-refractivity contribution in [3.8, 4) is 44.5 Å². The second-order valence-electron chi connectivity index (χ2n) is 14.1. The van der Waals surface area contributed by atoms with Gasteiger partial charge in [0.25, 0.3) is 0 Å². The van der Waals surface area contributed by atoms with E-state index < -0.39 is 206 Å². The first kappa shape index (κ1) is 49.3. The van der Waals surface area contributed by atoms with E-state index in [0.717, 1.165) is 0 Å². The van der Waals surface area contributed by atoms with E-state index in [4.69, 9.17) is 0 Å². The van der Waals surface area contributed by atoms with E-state index in [1.165, 1.54) is 0 Å². The Morgan fingerprint density at radius 2 is 0.386 bits per heavy atom. The van der Waals surface area contributed by atoms with Crippen LogP contribution in [0.25, 0.3) is 90.9 Å². The van der Waals surface area contributed by atoms with E-state index >= 15 is 35.1 Å². The van der Waals surface area contributed by atoms with E-state index in [2.05, 4.69) is 44.9 Å². The molecule has 70 heavy (non-hydrogen) atoms. The third kappa shape index (κ3) is 7.30. The molecule has 0 spiro atoms. The van der Waals surface area contributed by atoms with Crippen LogP contribution in [-0.4, -0.2) is 9.97 Å². The second kappa shape index (κ2) is 18.0. The molecule has 0 unspecified atom stereocenters. The fraction of sp³-hybridized carbons (Fsp3) is 0. The molecule has 360 valence electrons. The predicted octanol–water partition coefficient (Wildman–Crippen LogP) is 14.1. The van der Waals surface area contributed by atoms with Crippen LogP contribution in [0.4, 0.5) is 87.8 Å². The molecule has 9 rings (SSSR count). The first-order valence-corrected chi connectivity index (χ1v) is 19.8. The van der Waals surface area contributed by atoms with E-state index in [1.54, 1.807) is 0 Å². The molecule has 0 N–H and O–H groups in total. The molecule has 26 heteroatoms. The van der Waals surface area contributed by atoms with Gasteiger partial charge in [-0.2, -0.15) is 0 Å². The zero-order chi connectivity index (χ0) is 51.3. The molecule has 2 aliphatic heterocycles. The summed E-state index contributed by atoms with van der Waals surface area (Å²) in [4.78, 5) is 15.6. The summed E-state index contributed by atoms with van der Waals surface area (Å²) in [7, 11) is 4.33. The summed E-state index contributed by atoms with van der Waals surface area (Å²) >= 11 is 3.03. The number of benzene rings is 4. The molecule has 0 saturated heterocycles. The van der Waals surface area contributed by atoms with Crippen molar-refractivity contribution in [1.29, 1.82) is 0 Å². The standard InChI is InChI=1S/C44H8F20N4.ClH.Co/c45-25-21(26(46)34(54)41(61)33(25)53)17-9-1-2-10(65-9)18(22-27(47)35(55)42(62)36(56)28(22)48)12-5-6-14(67-12)20(24-31(51)39(59)44(64)40(60)32(24)52)16-8-7-15(68-16)19(13-4-3-11(17)66-13)23-29(49)37(57)43(63)38(58)30(23)50;;/h1-8H;1H;/q-2;;+3/p-1. The summed E-state index contributed by atoms with van der Waals surface area (Å²) in [6.45, 7) is 0. The number of rotatable bonds is 4. The van der Waals surface area contributed by atoms with Crippen molar-refractivity contribution in [3.05, 3.63) is 163 Å². The SMILES string of the molecule is Fc1c(F)c(F)c(-c2c3nc(c(-c4c(F)c(F)c(F)c(F)c4F)c4ccc([n-]4)c(-c4c(F)c(F)c(F)c(F)c4F)c4nc(c(-c5c(F)c(F)c(F)c(F)c5F)c5ccc2[n-]5)C=C4)C=C3)c(F)c1F.[Cl][Co+2]. The first-order valence-electron chi connectivity index (χ1n) is 18.3. The molecule has 0 saturated carbocycles. The molecule has 0 fully saturated rings. The molecule has 2 aliphatic rings. The topological polar surface area (TPSA) is 54.0 Å². The van der Waals surface area contributed by atoms with Crippen LogP contribution in [0.1, 0.15) is 22.8 Å². The quantitative estimate of drug-likeness (QED) is 0.100. The molecule has 0 atom stereocenters.